The Morgan fingerprint density at radius 1 is 0.850 bits per heavy atom. The summed E-state index contributed by atoms with van der Waals surface area (Å²) < 4.78 is 0. The molecule has 1 saturated heterocycles. The van der Waals surface area contributed by atoms with Crippen molar-refractivity contribution in [3.8, 4) is 0 Å². The van der Waals surface area contributed by atoms with Gasteiger partial charge in [-0.1, -0.05) is 43.3 Å². The Hall–Kier alpha value is -1.17. The van der Waals surface area contributed by atoms with Crippen LogP contribution in [0.25, 0.3) is 0 Å². The van der Waals surface area contributed by atoms with Crippen molar-refractivity contribution >= 4 is 17.9 Å². The van der Waals surface area contributed by atoms with Crippen molar-refractivity contribution in [2.45, 2.75) is 12.6 Å². The Morgan fingerprint density at radius 3 is 1.75 bits per heavy atom. The summed E-state index contributed by atoms with van der Waals surface area (Å²) in [6.07, 6.45) is 0. The topological polar surface area (TPSA) is 12.0 Å². The first kappa shape index (κ1) is 13.8. The maximum Gasteiger partial charge on any atom is 0.0992 e. The molecular formula is C18H23NP+. The highest BCUT2D eigenvalue weighted by Gasteiger charge is 2.49. The lowest BCUT2D eigenvalue weighted by molar-refractivity contribution is 0.656. The quantitative estimate of drug-likeness (QED) is 0.855. The highest BCUT2D eigenvalue weighted by molar-refractivity contribution is 7.89. The van der Waals surface area contributed by atoms with Crippen LogP contribution in [0, 0.1) is 5.92 Å². The molecule has 1 N–H and O–H groups in total. The summed E-state index contributed by atoms with van der Waals surface area (Å²) >= 11 is 0. The van der Waals surface area contributed by atoms with E-state index in [2.05, 4.69) is 79.6 Å². The fraction of sp³-hybridized carbons (Fsp3) is 0.333. The summed E-state index contributed by atoms with van der Waals surface area (Å²) in [5.74, 6) is 0.744. The Balaban J connectivity index is 2.13. The molecule has 20 heavy (non-hydrogen) atoms. The van der Waals surface area contributed by atoms with Crippen molar-refractivity contribution in [2.75, 3.05) is 19.8 Å². The molecule has 0 aromatic heterocycles. The first-order valence-electron chi connectivity index (χ1n) is 7.41. The van der Waals surface area contributed by atoms with Crippen molar-refractivity contribution in [2.24, 2.45) is 5.92 Å². The van der Waals surface area contributed by atoms with Crippen molar-refractivity contribution < 1.29 is 0 Å². The van der Waals surface area contributed by atoms with Gasteiger partial charge >= 0.3 is 0 Å². The van der Waals surface area contributed by atoms with Gasteiger partial charge in [0.25, 0.3) is 0 Å². The minimum atomic E-state index is -1.34. The third-order valence-corrected chi connectivity index (χ3v) is 9.48. The second-order valence-electron chi connectivity index (χ2n) is 5.95. The van der Waals surface area contributed by atoms with Gasteiger partial charge in [0, 0.05) is 19.0 Å². The van der Waals surface area contributed by atoms with Crippen LogP contribution in [-0.2, 0) is 0 Å². The zero-order valence-electron chi connectivity index (χ0n) is 12.3. The summed E-state index contributed by atoms with van der Waals surface area (Å²) in [6.45, 7) is 7.22. The molecule has 0 aliphatic carbocycles. The highest BCUT2D eigenvalue weighted by atomic mass is 31.2. The molecule has 0 spiro atoms. The molecule has 1 nitrogen and oxygen atoms in total. The SMILES string of the molecule is CC1CNCC1[P+](C)(c1ccccc1)c1ccccc1. The zero-order chi connectivity index (χ0) is 14.0. The second-order valence-corrected chi connectivity index (χ2v) is 9.80. The molecule has 3 rings (SSSR count). The average molecular weight is 284 g/mol. The molecule has 2 heteroatoms. The summed E-state index contributed by atoms with van der Waals surface area (Å²) in [5.41, 5.74) is 0.743. The summed E-state index contributed by atoms with van der Waals surface area (Å²) in [4.78, 5) is 0. The van der Waals surface area contributed by atoms with Crippen molar-refractivity contribution in [1.82, 2.24) is 5.32 Å². The van der Waals surface area contributed by atoms with Gasteiger partial charge in [0.1, 0.15) is 0 Å². The average Bonchev–Trinajstić information content (AvgIpc) is 2.95. The van der Waals surface area contributed by atoms with Crippen LogP contribution in [0.2, 0.25) is 0 Å². The molecule has 2 aromatic rings. The van der Waals surface area contributed by atoms with E-state index in [4.69, 9.17) is 0 Å². The number of hydrogen-bond donors (Lipinski definition) is 1. The Morgan fingerprint density at radius 2 is 1.35 bits per heavy atom. The zero-order valence-corrected chi connectivity index (χ0v) is 13.2. The number of rotatable bonds is 3. The Bertz CT molecular complexity index is 513. The lowest BCUT2D eigenvalue weighted by atomic mass is 10.1. The van der Waals surface area contributed by atoms with Crippen LogP contribution in [0.1, 0.15) is 6.92 Å². The standard InChI is InChI=1S/C18H23NP/c1-15-13-19-14-18(15)20(2,16-9-5-3-6-10-16)17-11-7-4-8-12-17/h3-12,15,18-19H,13-14H2,1-2H3/q+1. The fourth-order valence-electron chi connectivity index (χ4n) is 3.50. The first-order chi connectivity index (χ1) is 9.73. The van der Waals surface area contributed by atoms with Crippen LogP contribution >= 0.6 is 7.26 Å². The van der Waals surface area contributed by atoms with Gasteiger partial charge in [0.05, 0.1) is 30.2 Å². The van der Waals surface area contributed by atoms with Gasteiger partial charge < -0.3 is 5.32 Å². The van der Waals surface area contributed by atoms with E-state index in [1.165, 1.54) is 10.6 Å². The minimum Gasteiger partial charge on any atom is -0.312 e. The fourth-order valence-corrected chi connectivity index (χ4v) is 7.76. The van der Waals surface area contributed by atoms with Gasteiger partial charge in [-0.05, 0) is 24.3 Å². The molecule has 1 aliphatic rings. The highest BCUT2D eigenvalue weighted by Crippen LogP contribution is 2.60. The van der Waals surface area contributed by atoms with E-state index in [-0.39, 0.29) is 0 Å². The third-order valence-electron chi connectivity index (χ3n) is 4.73. The molecule has 2 aromatic carbocycles. The van der Waals surface area contributed by atoms with Crippen molar-refractivity contribution in [3.05, 3.63) is 60.7 Å². The second kappa shape index (κ2) is 5.68. The monoisotopic (exact) mass is 284 g/mol. The van der Waals surface area contributed by atoms with Crippen LogP contribution in [0.15, 0.2) is 60.7 Å². The van der Waals surface area contributed by atoms with Crippen molar-refractivity contribution in [3.63, 3.8) is 0 Å². The molecule has 0 radical (unpaired) electrons. The molecule has 1 heterocycles. The van der Waals surface area contributed by atoms with E-state index >= 15 is 0 Å². The van der Waals surface area contributed by atoms with Gasteiger partial charge in [-0.2, -0.15) is 0 Å². The van der Waals surface area contributed by atoms with E-state index in [1.807, 2.05) is 0 Å². The van der Waals surface area contributed by atoms with E-state index in [9.17, 15) is 0 Å². The minimum absolute atomic E-state index is 0.743. The van der Waals surface area contributed by atoms with E-state index in [0.717, 1.165) is 24.7 Å². The summed E-state index contributed by atoms with van der Waals surface area (Å²) in [6, 6.07) is 22.3. The number of nitrogens with one attached hydrogen (secondary N) is 1. The lowest BCUT2D eigenvalue weighted by Gasteiger charge is -2.31. The predicted molar refractivity (Wildman–Crippen MR) is 90.8 cm³/mol. The molecule has 1 fully saturated rings. The molecular weight excluding hydrogens is 261 g/mol. The van der Waals surface area contributed by atoms with Gasteiger partial charge in [0.2, 0.25) is 0 Å². The van der Waals surface area contributed by atoms with Gasteiger partial charge in [-0.15, -0.1) is 0 Å². The maximum absolute atomic E-state index is 3.60. The smallest absolute Gasteiger partial charge is 0.0992 e. The molecule has 0 amide bonds. The lowest BCUT2D eigenvalue weighted by Crippen LogP contribution is -2.34. The summed E-state index contributed by atoms with van der Waals surface area (Å²) in [5, 5.41) is 6.66. The molecule has 2 unspecified atom stereocenters. The van der Waals surface area contributed by atoms with Crippen LogP contribution < -0.4 is 15.9 Å². The molecule has 1 aliphatic heterocycles. The Kier molecular flexibility index (Phi) is 3.92. The van der Waals surface area contributed by atoms with Crippen LogP contribution in [0.5, 0.6) is 0 Å². The van der Waals surface area contributed by atoms with Gasteiger partial charge in [-0.3, -0.25) is 0 Å². The predicted octanol–water partition coefficient (Wildman–Crippen LogP) is 2.89. The molecule has 104 valence electrons. The van der Waals surface area contributed by atoms with E-state index < -0.39 is 7.26 Å². The molecule has 0 bridgehead atoms. The van der Waals surface area contributed by atoms with Gasteiger partial charge in [-0.25, -0.2) is 0 Å². The summed E-state index contributed by atoms with van der Waals surface area (Å²) in [7, 11) is -1.34. The number of hydrogen-bond acceptors (Lipinski definition) is 1. The van der Waals surface area contributed by atoms with E-state index in [0.29, 0.717) is 0 Å². The maximum atomic E-state index is 3.60. The van der Waals surface area contributed by atoms with E-state index in [1.54, 1.807) is 0 Å². The number of benzene rings is 2. The molecule has 0 saturated carbocycles. The van der Waals surface area contributed by atoms with Crippen molar-refractivity contribution in [1.29, 1.82) is 0 Å². The van der Waals surface area contributed by atoms with Crippen LogP contribution in [0.3, 0.4) is 0 Å². The van der Waals surface area contributed by atoms with Gasteiger partial charge in [0.15, 0.2) is 0 Å². The van der Waals surface area contributed by atoms with Crippen LogP contribution in [0.4, 0.5) is 0 Å². The largest absolute Gasteiger partial charge is 0.312 e. The Labute approximate surface area is 122 Å². The first-order valence-corrected chi connectivity index (χ1v) is 9.71. The normalized spacial score (nSPS) is 22.9. The molecule has 2 atom stereocenters. The third kappa shape index (κ3) is 2.30. The van der Waals surface area contributed by atoms with Crippen LogP contribution in [-0.4, -0.2) is 25.4 Å².